The molecule has 0 radical (unpaired) electrons. The number of hydrogen-bond donors (Lipinski definition) is 2. The maximum absolute atomic E-state index is 11.7. The van der Waals surface area contributed by atoms with Gasteiger partial charge in [0.05, 0.1) is 0 Å². The van der Waals surface area contributed by atoms with Crippen LogP contribution in [0, 0.1) is 0 Å². The summed E-state index contributed by atoms with van der Waals surface area (Å²) in [6, 6.07) is 7.08. The van der Waals surface area contributed by atoms with Crippen LogP contribution in [0.25, 0.3) is 0 Å². The number of benzene rings is 1. The Morgan fingerprint density at radius 3 is 2.67 bits per heavy atom. The van der Waals surface area contributed by atoms with Crippen molar-refractivity contribution in [2.45, 2.75) is 6.42 Å². The van der Waals surface area contributed by atoms with E-state index in [4.69, 9.17) is 4.74 Å². The second-order valence-electron chi connectivity index (χ2n) is 3.84. The van der Waals surface area contributed by atoms with Gasteiger partial charge < -0.3 is 15.4 Å². The molecule has 0 saturated heterocycles. The van der Waals surface area contributed by atoms with Crippen molar-refractivity contribution in [3.8, 4) is 5.75 Å². The van der Waals surface area contributed by atoms with Crippen LogP contribution in [0.2, 0.25) is 0 Å². The van der Waals surface area contributed by atoms with Crippen LogP contribution in [0.4, 0.5) is 0 Å². The lowest BCUT2D eigenvalue weighted by Crippen LogP contribution is -2.26. The Balaban J connectivity index is 2.41. The van der Waals surface area contributed by atoms with Crippen molar-refractivity contribution in [2.24, 2.45) is 0 Å². The predicted molar refractivity (Wildman–Crippen MR) is 73.0 cm³/mol. The maximum Gasteiger partial charge on any atom is 0.251 e. The Kier molecular flexibility index (Phi) is 6.58. The fourth-order valence-corrected chi connectivity index (χ4v) is 1.43. The van der Waals surface area contributed by atoms with Crippen LogP contribution in [0.1, 0.15) is 16.8 Å². The van der Waals surface area contributed by atoms with E-state index in [9.17, 15) is 4.79 Å². The molecule has 0 heterocycles. The molecule has 1 amide bonds. The van der Waals surface area contributed by atoms with Gasteiger partial charge in [-0.15, -0.1) is 0 Å². The Bertz CT molecular complexity index is 374. The lowest BCUT2D eigenvalue weighted by molar-refractivity contribution is 0.0953. The Morgan fingerprint density at radius 1 is 1.33 bits per heavy atom. The Morgan fingerprint density at radius 2 is 2.06 bits per heavy atom. The highest BCUT2D eigenvalue weighted by molar-refractivity contribution is 5.94. The third kappa shape index (κ3) is 5.01. The molecule has 0 aromatic heterocycles. The zero-order valence-electron chi connectivity index (χ0n) is 10.7. The average molecular weight is 248 g/mol. The van der Waals surface area contributed by atoms with Crippen molar-refractivity contribution in [1.29, 1.82) is 0 Å². The fourth-order valence-electron chi connectivity index (χ4n) is 1.43. The molecule has 0 bridgehead atoms. The zero-order chi connectivity index (χ0) is 13.2. The number of amides is 1. The molecule has 4 heteroatoms. The van der Waals surface area contributed by atoms with Gasteiger partial charge in [-0.05, 0) is 44.3 Å². The van der Waals surface area contributed by atoms with E-state index < -0.39 is 0 Å². The van der Waals surface area contributed by atoms with Crippen LogP contribution in [-0.4, -0.2) is 32.7 Å². The standard InChI is InChI=1S/C14H20N2O2/c1-3-11-18-13-7-5-12(6-8-13)14(17)16-10-4-9-15-2/h3,5-8,15H,1,4,9-11H2,2H3,(H,16,17). The second kappa shape index (κ2) is 8.31. The van der Waals surface area contributed by atoms with Gasteiger partial charge in [-0.3, -0.25) is 4.79 Å². The lowest BCUT2D eigenvalue weighted by Gasteiger charge is -2.06. The summed E-state index contributed by atoms with van der Waals surface area (Å²) in [5.74, 6) is 0.683. The highest BCUT2D eigenvalue weighted by Crippen LogP contribution is 2.11. The molecule has 18 heavy (non-hydrogen) atoms. The SMILES string of the molecule is C=CCOc1ccc(C(=O)NCCCNC)cc1. The van der Waals surface area contributed by atoms with Gasteiger partial charge in [0.15, 0.2) is 0 Å². The summed E-state index contributed by atoms with van der Waals surface area (Å²) >= 11 is 0. The number of hydrogen-bond acceptors (Lipinski definition) is 3. The van der Waals surface area contributed by atoms with Gasteiger partial charge in [-0.25, -0.2) is 0 Å². The third-order valence-corrected chi connectivity index (χ3v) is 2.37. The molecule has 0 unspecified atom stereocenters. The first-order valence-corrected chi connectivity index (χ1v) is 6.04. The highest BCUT2D eigenvalue weighted by atomic mass is 16.5. The van der Waals surface area contributed by atoms with Crippen molar-refractivity contribution in [3.05, 3.63) is 42.5 Å². The number of carbonyl (C=O) groups is 1. The summed E-state index contributed by atoms with van der Waals surface area (Å²) in [5.41, 5.74) is 0.644. The summed E-state index contributed by atoms with van der Waals surface area (Å²) in [4.78, 5) is 11.7. The number of ether oxygens (including phenoxy) is 1. The average Bonchev–Trinajstić information content (AvgIpc) is 2.41. The van der Waals surface area contributed by atoms with Crippen LogP contribution in [0.15, 0.2) is 36.9 Å². The molecule has 1 aromatic rings. The molecule has 0 aliphatic heterocycles. The molecule has 0 fully saturated rings. The molecule has 4 nitrogen and oxygen atoms in total. The monoisotopic (exact) mass is 248 g/mol. The van der Waals surface area contributed by atoms with E-state index in [1.807, 2.05) is 7.05 Å². The van der Waals surface area contributed by atoms with E-state index in [1.165, 1.54) is 0 Å². The summed E-state index contributed by atoms with van der Waals surface area (Å²) < 4.78 is 5.34. The summed E-state index contributed by atoms with van der Waals surface area (Å²) in [6.07, 6.45) is 2.60. The van der Waals surface area contributed by atoms with Crippen LogP contribution in [0.5, 0.6) is 5.75 Å². The van der Waals surface area contributed by atoms with Gasteiger partial charge in [0.1, 0.15) is 12.4 Å². The van der Waals surface area contributed by atoms with E-state index in [0.29, 0.717) is 18.7 Å². The largest absolute Gasteiger partial charge is 0.490 e. The summed E-state index contributed by atoms with van der Waals surface area (Å²) in [7, 11) is 1.89. The fraction of sp³-hybridized carbons (Fsp3) is 0.357. The van der Waals surface area contributed by atoms with Crippen molar-refractivity contribution < 1.29 is 9.53 Å². The van der Waals surface area contributed by atoms with Crippen LogP contribution in [-0.2, 0) is 0 Å². The van der Waals surface area contributed by atoms with E-state index in [0.717, 1.165) is 18.7 Å². The predicted octanol–water partition coefficient (Wildman–Crippen LogP) is 1.59. The minimum absolute atomic E-state index is 0.0543. The van der Waals surface area contributed by atoms with Crippen molar-refractivity contribution >= 4 is 5.91 Å². The molecule has 0 spiro atoms. The molecule has 1 rings (SSSR count). The third-order valence-electron chi connectivity index (χ3n) is 2.37. The van der Waals surface area contributed by atoms with E-state index in [2.05, 4.69) is 17.2 Å². The van der Waals surface area contributed by atoms with Gasteiger partial charge in [-0.1, -0.05) is 12.7 Å². The van der Waals surface area contributed by atoms with Gasteiger partial charge in [0, 0.05) is 12.1 Å². The molecule has 1 aromatic carbocycles. The molecule has 98 valence electrons. The molecule has 0 atom stereocenters. The smallest absolute Gasteiger partial charge is 0.251 e. The number of nitrogens with one attached hydrogen (secondary N) is 2. The van der Waals surface area contributed by atoms with Crippen molar-refractivity contribution in [3.63, 3.8) is 0 Å². The Labute approximate surface area is 108 Å². The second-order valence-corrected chi connectivity index (χ2v) is 3.84. The minimum atomic E-state index is -0.0543. The molecule has 2 N–H and O–H groups in total. The minimum Gasteiger partial charge on any atom is -0.490 e. The highest BCUT2D eigenvalue weighted by Gasteiger charge is 2.04. The van der Waals surface area contributed by atoms with Crippen LogP contribution >= 0.6 is 0 Å². The molecular weight excluding hydrogens is 228 g/mol. The maximum atomic E-state index is 11.7. The van der Waals surface area contributed by atoms with Crippen LogP contribution < -0.4 is 15.4 Å². The van der Waals surface area contributed by atoms with E-state index in [1.54, 1.807) is 30.3 Å². The molecular formula is C14H20N2O2. The lowest BCUT2D eigenvalue weighted by atomic mass is 10.2. The van der Waals surface area contributed by atoms with Gasteiger partial charge in [-0.2, -0.15) is 0 Å². The first-order valence-electron chi connectivity index (χ1n) is 6.04. The van der Waals surface area contributed by atoms with Crippen molar-refractivity contribution in [1.82, 2.24) is 10.6 Å². The van der Waals surface area contributed by atoms with E-state index in [-0.39, 0.29) is 5.91 Å². The summed E-state index contributed by atoms with van der Waals surface area (Å²) in [6.45, 7) is 5.62. The normalized spacial score (nSPS) is 9.83. The van der Waals surface area contributed by atoms with E-state index >= 15 is 0 Å². The molecule has 0 aliphatic rings. The zero-order valence-corrected chi connectivity index (χ0v) is 10.7. The molecule has 0 saturated carbocycles. The van der Waals surface area contributed by atoms with Gasteiger partial charge >= 0.3 is 0 Å². The summed E-state index contributed by atoms with van der Waals surface area (Å²) in [5, 5.41) is 5.89. The van der Waals surface area contributed by atoms with Gasteiger partial charge in [0.25, 0.3) is 5.91 Å². The van der Waals surface area contributed by atoms with Crippen LogP contribution in [0.3, 0.4) is 0 Å². The first kappa shape index (κ1) is 14.3. The number of rotatable bonds is 8. The van der Waals surface area contributed by atoms with Gasteiger partial charge in [0.2, 0.25) is 0 Å². The number of carbonyl (C=O) groups excluding carboxylic acids is 1. The van der Waals surface area contributed by atoms with Crippen molar-refractivity contribution in [2.75, 3.05) is 26.7 Å². The first-order chi connectivity index (χ1) is 8.77. The quantitative estimate of drug-likeness (QED) is 0.542. The molecule has 0 aliphatic carbocycles. The topological polar surface area (TPSA) is 50.4 Å². The Hall–Kier alpha value is -1.81.